The van der Waals surface area contributed by atoms with E-state index in [0.29, 0.717) is 24.7 Å². The zero-order chi connectivity index (χ0) is 19.7. The van der Waals surface area contributed by atoms with Crippen LogP contribution in [0.3, 0.4) is 0 Å². The molecule has 1 unspecified atom stereocenters. The van der Waals surface area contributed by atoms with Crippen LogP contribution < -0.4 is 10.2 Å². The second-order valence-electron chi connectivity index (χ2n) is 7.70. The number of amides is 1. The molecule has 2 aliphatic heterocycles. The molecule has 0 bridgehead atoms. The van der Waals surface area contributed by atoms with Gasteiger partial charge in [0.1, 0.15) is 6.07 Å². The molecular weight excluding hydrogens is 354 g/mol. The molecular formula is C21H25N5O2. The minimum absolute atomic E-state index is 0.0134. The number of benzene rings is 1. The largest absolute Gasteiger partial charge is 0.370 e. The molecule has 2 aromatic rings. The summed E-state index contributed by atoms with van der Waals surface area (Å²) in [5, 5.41) is 13.3. The second-order valence-corrected chi connectivity index (χ2v) is 7.70. The summed E-state index contributed by atoms with van der Waals surface area (Å²) in [6, 6.07) is 10.3. The van der Waals surface area contributed by atoms with E-state index in [0.717, 1.165) is 36.2 Å². The number of carbonyl (C=O) groups is 1. The van der Waals surface area contributed by atoms with Crippen LogP contribution in [0.25, 0.3) is 10.9 Å². The number of morpholine rings is 1. The van der Waals surface area contributed by atoms with Crippen molar-refractivity contribution in [3.8, 4) is 6.07 Å². The second kappa shape index (κ2) is 7.74. The van der Waals surface area contributed by atoms with Crippen molar-refractivity contribution in [2.24, 2.45) is 0 Å². The van der Waals surface area contributed by atoms with Gasteiger partial charge in [-0.2, -0.15) is 5.26 Å². The Morgan fingerprint density at radius 3 is 3.00 bits per heavy atom. The summed E-state index contributed by atoms with van der Waals surface area (Å²) in [6.45, 7) is 7.55. The Bertz CT molecular complexity index is 925. The van der Waals surface area contributed by atoms with Crippen LogP contribution in [0.2, 0.25) is 0 Å². The van der Waals surface area contributed by atoms with Crippen LogP contribution in [0.15, 0.2) is 30.5 Å². The molecule has 3 heterocycles. The molecule has 146 valence electrons. The predicted molar refractivity (Wildman–Crippen MR) is 107 cm³/mol. The first-order chi connectivity index (χ1) is 13.5. The molecule has 0 saturated carbocycles. The van der Waals surface area contributed by atoms with Crippen LogP contribution in [-0.4, -0.2) is 66.8 Å². The number of hydrogen-bond donors (Lipinski definition) is 1. The van der Waals surface area contributed by atoms with E-state index in [1.807, 2.05) is 24.3 Å². The van der Waals surface area contributed by atoms with E-state index in [2.05, 4.69) is 40.0 Å². The maximum Gasteiger partial charge on any atom is 0.234 e. The van der Waals surface area contributed by atoms with Crippen LogP contribution in [-0.2, 0) is 9.53 Å². The summed E-state index contributed by atoms with van der Waals surface area (Å²) in [4.78, 5) is 20.7. The molecule has 1 N–H and O–H groups in total. The van der Waals surface area contributed by atoms with Crippen LogP contribution in [0.4, 0.5) is 5.69 Å². The van der Waals surface area contributed by atoms with E-state index in [4.69, 9.17) is 4.74 Å². The summed E-state index contributed by atoms with van der Waals surface area (Å²) in [5.41, 5.74) is 2.40. The Labute approximate surface area is 164 Å². The highest BCUT2D eigenvalue weighted by molar-refractivity contribution is 5.95. The number of pyridine rings is 1. The van der Waals surface area contributed by atoms with E-state index < -0.39 is 0 Å². The van der Waals surface area contributed by atoms with Crippen molar-refractivity contribution in [2.45, 2.75) is 32.1 Å². The quantitative estimate of drug-likeness (QED) is 0.871. The number of hydrogen-bond acceptors (Lipinski definition) is 6. The lowest BCUT2D eigenvalue weighted by Crippen LogP contribution is -2.58. The lowest BCUT2D eigenvalue weighted by molar-refractivity contribution is -0.126. The Kier molecular flexibility index (Phi) is 5.16. The smallest absolute Gasteiger partial charge is 0.234 e. The highest BCUT2D eigenvalue weighted by Gasteiger charge is 2.31. The van der Waals surface area contributed by atoms with E-state index in [1.54, 1.807) is 6.20 Å². The molecule has 7 nitrogen and oxygen atoms in total. The van der Waals surface area contributed by atoms with Crippen LogP contribution in [0.1, 0.15) is 19.4 Å². The topological polar surface area (TPSA) is 81.5 Å². The summed E-state index contributed by atoms with van der Waals surface area (Å²) in [5.74, 6) is 0.0722. The third kappa shape index (κ3) is 3.66. The van der Waals surface area contributed by atoms with Gasteiger partial charge < -0.3 is 15.0 Å². The number of fused-ring (bicyclic) bond motifs is 1. The van der Waals surface area contributed by atoms with Gasteiger partial charge in [0, 0.05) is 49.5 Å². The van der Waals surface area contributed by atoms with Crippen molar-refractivity contribution in [2.75, 3.05) is 37.6 Å². The Hall–Kier alpha value is -2.69. The lowest BCUT2D eigenvalue weighted by atomic mass is 10.1. The van der Waals surface area contributed by atoms with Crippen molar-refractivity contribution in [1.29, 1.82) is 5.26 Å². The normalized spacial score (nSPS) is 26.1. The summed E-state index contributed by atoms with van der Waals surface area (Å²) in [7, 11) is 0. The van der Waals surface area contributed by atoms with Gasteiger partial charge in [-0.1, -0.05) is 0 Å². The third-order valence-corrected chi connectivity index (χ3v) is 5.54. The number of nitrogens with zero attached hydrogens (tertiary/aromatic N) is 4. The molecule has 0 aliphatic carbocycles. The van der Waals surface area contributed by atoms with Gasteiger partial charge in [0.25, 0.3) is 0 Å². The molecule has 2 aliphatic rings. The minimum atomic E-state index is 0.0134. The molecule has 1 aromatic heterocycles. The molecule has 1 amide bonds. The standard InChI is InChI=1S/C21H25N5O2/c1-14-9-24-20(27)13-25(14)11-17-12-26(10-15(2)28-17)19-6-5-16(8-22)21-18(19)4-3-7-23-21/h3-7,14-15,17H,9-13H2,1-2H3,(H,24,27)/t14?,15-,17+/m1/s1. The van der Waals surface area contributed by atoms with Crippen molar-refractivity contribution >= 4 is 22.5 Å². The molecule has 2 fully saturated rings. The zero-order valence-corrected chi connectivity index (χ0v) is 16.3. The first-order valence-electron chi connectivity index (χ1n) is 9.74. The van der Waals surface area contributed by atoms with Gasteiger partial charge in [0.05, 0.1) is 29.8 Å². The number of rotatable bonds is 3. The van der Waals surface area contributed by atoms with Crippen molar-refractivity contribution in [1.82, 2.24) is 15.2 Å². The summed E-state index contributed by atoms with van der Waals surface area (Å²) >= 11 is 0. The fourth-order valence-corrected chi connectivity index (χ4v) is 4.16. The molecule has 1 aromatic carbocycles. The van der Waals surface area contributed by atoms with Gasteiger partial charge in [-0.3, -0.25) is 14.7 Å². The number of piperazine rings is 1. The van der Waals surface area contributed by atoms with E-state index in [1.165, 1.54) is 0 Å². The number of anilines is 1. The summed E-state index contributed by atoms with van der Waals surface area (Å²) < 4.78 is 6.20. The van der Waals surface area contributed by atoms with Gasteiger partial charge in [0.2, 0.25) is 5.91 Å². The molecule has 7 heteroatoms. The maximum atomic E-state index is 11.8. The number of carbonyl (C=O) groups excluding carboxylic acids is 1. The average molecular weight is 379 g/mol. The van der Waals surface area contributed by atoms with Gasteiger partial charge in [-0.25, -0.2) is 0 Å². The molecule has 2 saturated heterocycles. The number of nitrogens with one attached hydrogen (secondary N) is 1. The zero-order valence-electron chi connectivity index (χ0n) is 16.3. The SMILES string of the molecule is CC1CNC(=O)CN1C[C@H]1CN(c2ccc(C#N)c3ncccc23)C[C@@H](C)O1. The molecule has 3 atom stereocenters. The summed E-state index contributed by atoms with van der Waals surface area (Å²) in [6.07, 6.45) is 1.81. The number of ether oxygens (including phenoxy) is 1. The first-order valence-corrected chi connectivity index (χ1v) is 9.74. The molecule has 0 spiro atoms. The van der Waals surface area contributed by atoms with E-state index in [-0.39, 0.29) is 18.1 Å². The monoisotopic (exact) mass is 379 g/mol. The predicted octanol–water partition coefficient (Wildman–Crippen LogP) is 1.52. The fourth-order valence-electron chi connectivity index (χ4n) is 4.16. The molecule has 4 rings (SSSR count). The third-order valence-electron chi connectivity index (χ3n) is 5.54. The van der Waals surface area contributed by atoms with Gasteiger partial charge >= 0.3 is 0 Å². The van der Waals surface area contributed by atoms with E-state index >= 15 is 0 Å². The van der Waals surface area contributed by atoms with E-state index in [9.17, 15) is 10.1 Å². The van der Waals surface area contributed by atoms with Crippen molar-refractivity contribution in [3.63, 3.8) is 0 Å². The highest BCUT2D eigenvalue weighted by atomic mass is 16.5. The Balaban J connectivity index is 1.58. The van der Waals surface area contributed by atoms with Gasteiger partial charge in [-0.15, -0.1) is 0 Å². The van der Waals surface area contributed by atoms with Crippen molar-refractivity contribution < 1.29 is 9.53 Å². The molecule has 28 heavy (non-hydrogen) atoms. The van der Waals surface area contributed by atoms with Crippen molar-refractivity contribution in [3.05, 3.63) is 36.0 Å². The lowest BCUT2D eigenvalue weighted by Gasteiger charge is -2.42. The van der Waals surface area contributed by atoms with Crippen LogP contribution >= 0.6 is 0 Å². The Morgan fingerprint density at radius 2 is 2.18 bits per heavy atom. The fraction of sp³-hybridized carbons (Fsp3) is 0.476. The van der Waals surface area contributed by atoms with Crippen LogP contribution in [0, 0.1) is 11.3 Å². The number of nitriles is 1. The van der Waals surface area contributed by atoms with Crippen LogP contribution in [0.5, 0.6) is 0 Å². The minimum Gasteiger partial charge on any atom is -0.370 e. The molecule has 0 radical (unpaired) electrons. The maximum absolute atomic E-state index is 11.8. The highest BCUT2D eigenvalue weighted by Crippen LogP contribution is 2.30. The van der Waals surface area contributed by atoms with Gasteiger partial charge in [-0.05, 0) is 38.1 Å². The average Bonchev–Trinajstić information content (AvgIpc) is 2.69. The van der Waals surface area contributed by atoms with Gasteiger partial charge in [0.15, 0.2) is 0 Å². The Morgan fingerprint density at radius 1 is 1.32 bits per heavy atom. The first kappa shape index (κ1) is 18.7. The number of aromatic nitrogens is 1.